The zero-order chi connectivity index (χ0) is 11.6. The van der Waals surface area contributed by atoms with Crippen molar-refractivity contribution in [1.29, 1.82) is 0 Å². The summed E-state index contributed by atoms with van der Waals surface area (Å²) in [5.74, 6) is 1.92. The third kappa shape index (κ3) is 3.04. The number of nitrogens with zero attached hydrogens (tertiary/aromatic N) is 2. The molecule has 1 aliphatic rings. The lowest BCUT2D eigenvalue weighted by atomic mass is 9.91. The number of hydrogen-bond acceptors (Lipinski definition) is 4. The summed E-state index contributed by atoms with van der Waals surface area (Å²) in [7, 11) is 0. The molecule has 2 rings (SSSR count). The van der Waals surface area contributed by atoms with E-state index in [0.29, 0.717) is 11.3 Å². The van der Waals surface area contributed by atoms with Gasteiger partial charge in [-0.25, -0.2) is 0 Å². The molecule has 90 valence electrons. The Morgan fingerprint density at radius 2 is 2.19 bits per heavy atom. The van der Waals surface area contributed by atoms with E-state index in [2.05, 4.69) is 30.9 Å². The van der Waals surface area contributed by atoms with E-state index in [1.54, 1.807) is 0 Å². The highest BCUT2D eigenvalue weighted by Gasteiger charge is 2.23. The van der Waals surface area contributed by atoms with Crippen molar-refractivity contribution in [2.45, 2.75) is 46.0 Å². The van der Waals surface area contributed by atoms with E-state index in [-0.39, 0.29) is 0 Å². The van der Waals surface area contributed by atoms with E-state index in [1.165, 1.54) is 0 Å². The fourth-order valence-electron chi connectivity index (χ4n) is 1.76. The van der Waals surface area contributed by atoms with Gasteiger partial charge in [0.2, 0.25) is 5.89 Å². The number of hydrogen-bond donors (Lipinski definition) is 0. The molecule has 2 heterocycles. The minimum Gasteiger partial charge on any atom is -0.381 e. The highest BCUT2D eigenvalue weighted by molar-refractivity contribution is 4.97. The van der Waals surface area contributed by atoms with Crippen LogP contribution in [-0.4, -0.2) is 23.4 Å². The quantitative estimate of drug-likeness (QED) is 0.791. The first kappa shape index (κ1) is 11.6. The molecular weight excluding hydrogens is 204 g/mol. The number of rotatable bonds is 3. The molecule has 1 aromatic rings. The van der Waals surface area contributed by atoms with Crippen molar-refractivity contribution in [2.75, 3.05) is 13.2 Å². The minimum absolute atomic E-state index is 0.311. The molecular formula is C12H20N2O2. The molecule has 0 N–H and O–H groups in total. The van der Waals surface area contributed by atoms with E-state index in [1.807, 2.05) is 0 Å². The lowest BCUT2D eigenvalue weighted by molar-refractivity contribution is 0.192. The molecule has 4 heteroatoms. The zero-order valence-electron chi connectivity index (χ0n) is 10.3. The fraction of sp³-hybridized carbons (Fsp3) is 0.833. The van der Waals surface area contributed by atoms with Gasteiger partial charge in [-0.1, -0.05) is 25.9 Å². The van der Waals surface area contributed by atoms with Crippen molar-refractivity contribution in [3.05, 3.63) is 11.7 Å². The van der Waals surface area contributed by atoms with Crippen LogP contribution in [0, 0.1) is 5.41 Å². The van der Waals surface area contributed by atoms with Gasteiger partial charge in [0.1, 0.15) is 0 Å². The summed E-state index contributed by atoms with van der Waals surface area (Å²) < 4.78 is 10.6. The number of ether oxygens (including phenoxy) is 1. The van der Waals surface area contributed by atoms with Crippen LogP contribution in [0.25, 0.3) is 0 Å². The average molecular weight is 224 g/mol. The third-order valence-corrected chi connectivity index (χ3v) is 2.87. The Hall–Kier alpha value is -0.900. The summed E-state index contributed by atoms with van der Waals surface area (Å²) in [5.41, 5.74) is 0.311. The van der Waals surface area contributed by atoms with Crippen molar-refractivity contribution in [3.63, 3.8) is 0 Å². The maximum atomic E-state index is 5.31. The summed E-state index contributed by atoms with van der Waals surface area (Å²) in [6.45, 7) is 8.20. The maximum absolute atomic E-state index is 5.31. The highest BCUT2D eigenvalue weighted by Crippen LogP contribution is 2.24. The largest absolute Gasteiger partial charge is 0.381 e. The molecule has 0 aliphatic carbocycles. The van der Waals surface area contributed by atoms with Crippen LogP contribution in [-0.2, 0) is 11.2 Å². The van der Waals surface area contributed by atoms with Crippen LogP contribution in [0.1, 0.15) is 51.2 Å². The standard InChI is InChI=1S/C12H20N2O2/c1-12(2,3)6-4-10-13-11(14-16-10)9-5-7-15-8-9/h9H,4-8H2,1-3H3/t9-/m0/s1. The van der Waals surface area contributed by atoms with Gasteiger partial charge in [0.25, 0.3) is 0 Å². The lowest BCUT2D eigenvalue weighted by Gasteiger charge is -2.15. The molecule has 0 spiro atoms. The molecule has 0 amide bonds. The van der Waals surface area contributed by atoms with Gasteiger partial charge in [-0.05, 0) is 18.3 Å². The first-order valence-electron chi connectivity index (χ1n) is 5.95. The molecule has 0 radical (unpaired) electrons. The minimum atomic E-state index is 0.311. The molecule has 1 fully saturated rings. The monoisotopic (exact) mass is 224 g/mol. The van der Waals surface area contributed by atoms with Crippen LogP contribution < -0.4 is 0 Å². The molecule has 1 aliphatic heterocycles. The van der Waals surface area contributed by atoms with Gasteiger partial charge in [0, 0.05) is 18.9 Å². The summed E-state index contributed by atoms with van der Waals surface area (Å²) in [6.07, 6.45) is 2.94. The Morgan fingerprint density at radius 1 is 1.38 bits per heavy atom. The number of aromatic nitrogens is 2. The van der Waals surface area contributed by atoms with Gasteiger partial charge < -0.3 is 9.26 Å². The summed E-state index contributed by atoms with van der Waals surface area (Å²) >= 11 is 0. The van der Waals surface area contributed by atoms with Gasteiger partial charge >= 0.3 is 0 Å². The number of aryl methyl sites for hydroxylation is 1. The van der Waals surface area contributed by atoms with E-state index < -0.39 is 0 Å². The van der Waals surface area contributed by atoms with Crippen molar-refractivity contribution in [3.8, 4) is 0 Å². The van der Waals surface area contributed by atoms with Crippen LogP contribution in [0.3, 0.4) is 0 Å². The zero-order valence-corrected chi connectivity index (χ0v) is 10.3. The normalized spacial score (nSPS) is 21.6. The lowest BCUT2D eigenvalue weighted by Crippen LogP contribution is -2.06. The van der Waals surface area contributed by atoms with Crippen molar-refractivity contribution >= 4 is 0 Å². The Bertz CT molecular complexity index is 335. The van der Waals surface area contributed by atoms with Gasteiger partial charge in [-0.2, -0.15) is 4.98 Å². The predicted molar refractivity (Wildman–Crippen MR) is 60.3 cm³/mol. The van der Waals surface area contributed by atoms with E-state index in [4.69, 9.17) is 9.26 Å². The second kappa shape index (κ2) is 4.53. The Balaban J connectivity index is 1.91. The third-order valence-electron chi connectivity index (χ3n) is 2.87. The van der Waals surface area contributed by atoms with Crippen LogP contribution >= 0.6 is 0 Å². The fourth-order valence-corrected chi connectivity index (χ4v) is 1.76. The van der Waals surface area contributed by atoms with Crippen LogP contribution in [0.15, 0.2) is 4.52 Å². The molecule has 0 aromatic carbocycles. The van der Waals surface area contributed by atoms with Crippen LogP contribution in [0.2, 0.25) is 0 Å². The highest BCUT2D eigenvalue weighted by atomic mass is 16.5. The Morgan fingerprint density at radius 3 is 2.81 bits per heavy atom. The maximum Gasteiger partial charge on any atom is 0.226 e. The molecule has 0 unspecified atom stereocenters. The molecule has 0 bridgehead atoms. The van der Waals surface area contributed by atoms with E-state index >= 15 is 0 Å². The van der Waals surface area contributed by atoms with E-state index in [9.17, 15) is 0 Å². The summed E-state index contributed by atoms with van der Waals surface area (Å²) in [4.78, 5) is 4.44. The Kier molecular flexibility index (Phi) is 3.28. The van der Waals surface area contributed by atoms with Crippen LogP contribution in [0.4, 0.5) is 0 Å². The second-order valence-electron chi connectivity index (χ2n) is 5.67. The Labute approximate surface area is 96.4 Å². The van der Waals surface area contributed by atoms with Gasteiger partial charge in [-0.3, -0.25) is 0 Å². The smallest absolute Gasteiger partial charge is 0.226 e. The topological polar surface area (TPSA) is 48.2 Å². The first-order valence-corrected chi connectivity index (χ1v) is 5.95. The van der Waals surface area contributed by atoms with Crippen molar-refractivity contribution in [2.24, 2.45) is 5.41 Å². The SMILES string of the molecule is CC(C)(C)CCc1nc([C@H]2CCOC2)no1. The summed E-state index contributed by atoms with van der Waals surface area (Å²) in [5, 5.41) is 4.03. The van der Waals surface area contributed by atoms with Crippen LogP contribution in [0.5, 0.6) is 0 Å². The average Bonchev–Trinajstić information content (AvgIpc) is 2.84. The van der Waals surface area contributed by atoms with Crippen molar-refractivity contribution in [1.82, 2.24) is 10.1 Å². The first-order chi connectivity index (χ1) is 7.54. The molecule has 4 nitrogen and oxygen atoms in total. The molecule has 16 heavy (non-hydrogen) atoms. The predicted octanol–water partition coefficient (Wildman–Crippen LogP) is 2.55. The second-order valence-corrected chi connectivity index (χ2v) is 5.67. The molecule has 1 saturated heterocycles. The van der Waals surface area contributed by atoms with Gasteiger partial charge in [-0.15, -0.1) is 0 Å². The van der Waals surface area contributed by atoms with Gasteiger partial charge in [0.05, 0.1) is 6.61 Å². The molecule has 1 aromatic heterocycles. The van der Waals surface area contributed by atoms with E-state index in [0.717, 1.165) is 44.2 Å². The molecule has 0 saturated carbocycles. The van der Waals surface area contributed by atoms with Crippen molar-refractivity contribution < 1.29 is 9.26 Å². The summed E-state index contributed by atoms with van der Waals surface area (Å²) in [6, 6.07) is 0. The molecule has 1 atom stereocenters. The van der Waals surface area contributed by atoms with Gasteiger partial charge in [0.15, 0.2) is 5.82 Å².